The number of benzene rings is 2. The first kappa shape index (κ1) is 30.7. The second-order valence-electron chi connectivity index (χ2n) is 8.57. The summed E-state index contributed by atoms with van der Waals surface area (Å²) in [6.45, 7) is 15.1. The molecule has 0 bridgehead atoms. The molecule has 36 heavy (non-hydrogen) atoms. The summed E-state index contributed by atoms with van der Waals surface area (Å²) in [5.74, 6) is 0. The highest BCUT2D eigenvalue weighted by Crippen LogP contribution is 2.17. The maximum Gasteiger partial charge on any atom is 0.146 e. The van der Waals surface area contributed by atoms with Gasteiger partial charge in [0.1, 0.15) is 6.29 Å². The van der Waals surface area contributed by atoms with Gasteiger partial charge in [-0.25, -0.2) is 0 Å². The van der Waals surface area contributed by atoms with E-state index in [9.17, 15) is 4.79 Å². The first-order valence-corrected chi connectivity index (χ1v) is 12.9. The Morgan fingerprint density at radius 3 is 2.31 bits per heavy atom. The van der Waals surface area contributed by atoms with Gasteiger partial charge in [-0.15, -0.1) is 0 Å². The number of aliphatic imine (C=N–C) groups is 1. The zero-order valence-corrected chi connectivity index (χ0v) is 23.1. The van der Waals surface area contributed by atoms with Crippen molar-refractivity contribution in [1.29, 1.82) is 0 Å². The third-order valence-corrected chi connectivity index (χ3v) is 6.05. The molecular weight excluding hydrogens is 440 g/mol. The Kier molecular flexibility index (Phi) is 15.4. The van der Waals surface area contributed by atoms with Crippen molar-refractivity contribution < 1.29 is 4.79 Å². The molecule has 0 aliphatic heterocycles. The van der Waals surface area contributed by atoms with Gasteiger partial charge >= 0.3 is 0 Å². The minimum Gasteiger partial charge on any atom is -0.319 e. The van der Waals surface area contributed by atoms with E-state index >= 15 is 0 Å². The van der Waals surface area contributed by atoms with Crippen molar-refractivity contribution in [2.45, 2.75) is 60.3 Å². The van der Waals surface area contributed by atoms with Gasteiger partial charge in [0, 0.05) is 11.9 Å². The van der Waals surface area contributed by atoms with E-state index in [0.717, 1.165) is 60.1 Å². The Morgan fingerprint density at radius 2 is 1.64 bits per heavy atom. The number of nitrogens with zero attached hydrogens (tertiary/aromatic N) is 1. The lowest BCUT2D eigenvalue weighted by Crippen LogP contribution is -2.08. The molecular formula is C33H44N2O. The molecule has 3 nitrogen and oxygen atoms in total. The van der Waals surface area contributed by atoms with Crippen LogP contribution in [-0.2, 0) is 17.6 Å². The lowest BCUT2D eigenvalue weighted by atomic mass is 9.97. The van der Waals surface area contributed by atoms with E-state index in [2.05, 4.69) is 77.6 Å². The average molecular weight is 485 g/mol. The molecule has 0 spiro atoms. The smallest absolute Gasteiger partial charge is 0.146 e. The van der Waals surface area contributed by atoms with Gasteiger partial charge in [-0.3, -0.25) is 9.79 Å². The van der Waals surface area contributed by atoms with E-state index in [1.165, 1.54) is 16.7 Å². The fraction of sp³-hybridized carbons (Fsp3) is 0.333. The SMILES string of the molecule is C=C(/C=C\N=C(C)c1ccccc1CCc1ccccc1)/C(C)=C/C/C(C=O)=C(\C)CCNC.CC. The third kappa shape index (κ3) is 11.0. The Balaban J connectivity index is 0.00000316. The molecule has 2 aromatic rings. The molecule has 0 saturated carbocycles. The Bertz CT molecular complexity index is 1070. The highest BCUT2D eigenvalue weighted by Gasteiger charge is 2.05. The fourth-order valence-corrected chi connectivity index (χ4v) is 3.65. The van der Waals surface area contributed by atoms with Crippen molar-refractivity contribution in [3.63, 3.8) is 0 Å². The van der Waals surface area contributed by atoms with E-state index in [1.54, 1.807) is 0 Å². The van der Waals surface area contributed by atoms with Gasteiger partial charge in [-0.2, -0.15) is 0 Å². The Hall–Kier alpha value is -3.30. The predicted molar refractivity (Wildman–Crippen MR) is 158 cm³/mol. The normalized spacial score (nSPS) is 12.6. The van der Waals surface area contributed by atoms with Crippen LogP contribution in [-0.4, -0.2) is 25.6 Å². The quantitative estimate of drug-likeness (QED) is 0.136. The number of hydrogen-bond donors (Lipinski definition) is 1. The van der Waals surface area contributed by atoms with E-state index in [4.69, 9.17) is 0 Å². The predicted octanol–water partition coefficient (Wildman–Crippen LogP) is 7.84. The molecule has 1 N–H and O–H groups in total. The lowest BCUT2D eigenvalue weighted by Gasteiger charge is -2.09. The summed E-state index contributed by atoms with van der Waals surface area (Å²) >= 11 is 0. The minimum absolute atomic E-state index is 0.620. The highest BCUT2D eigenvalue weighted by molar-refractivity contribution is 6.00. The molecule has 192 valence electrons. The summed E-state index contributed by atoms with van der Waals surface area (Å²) in [6, 6.07) is 19.0. The van der Waals surface area contributed by atoms with Crippen LogP contribution in [0.5, 0.6) is 0 Å². The van der Waals surface area contributed by atoms with Gasteiger partial charge in [0.25, 0.3) is 0 Å². The van der Waals surface area contributed by atoms with Crippen molar-refractivity contribution in [3.05, 3.63) is 119 Å². The van der Waals surface area contributed by atoms with Gasteiger partial charge in [0.05, 0.1) is 0 Å². The highest BCUT2D eigenvalue weighted by atomic mass is 16.1. The van der Waals surface area contributed by atoms with E-state index in [-0.39, 0.29) is 0 Å². The van der Waals surface area contributed by atoms with Gasteiger partial charge in [-0.1, -0.05) is 86.7 Å². The zero-order chi connectivity index (χ0) is 26.8. The van der Waals surface area contributed by atoms with Crippen LogP contribution in [0.1, 0.15) is 64.2 Å². The monoisotopic (exact) mass is 484 g/mol. The molecule has 0 radical (unpaired) electrons. The number of aldehydes is 1. The molecule has 0 aliphatic rings. The number of nitrogens with one attached hydrogen (secondary N) is 1. The number of carbonyl (C=O) groups is 1. The number of allylic oxidation sites excluding steroid dienone is 5. The maximum atomic E-state index is 11.5. The fourth-order valence-electron chi connectivity index (χ4n) is 3.65. The van der Waals surface area contributed by atoms with E-state index < -0.39 is 0 Å². The molecule has 0 saturated heterocycles. The summed E-state index contributed by atoms with van der Waals surface area (Å²) in [4.78, 5) is 16.1. The molecule has 0 unspecified atom stereocenters. The summed E-state index contributed by atoms with van der Waals surface area (Å²) in [5, 5.41) is 3.12. The number of rotatable bonds is 13. The van der Waals surface area contributed by atoms with Gasteiger partial charge in [0.15, 0.2) is 0 Å². The van der Waals surface area contributed by atoms with Crippen molar-refractivity contribution in [3.8, 4) is 0 Å². The van der Waals surface area contributed by atoms with Gasteiger partial charge in [-0.05, 0) is 99.5 Å². The second kappa shape index (κ2) is 18.0. The van der Waals surface area contributed by atoms with Crippen molar-refractivity contribution in [1.82, 2.24) is 5.32 Å². The van der Waals surface area contributed by atoms with Crippen molar-refractivity contribution in [2.75, 3.05) is 13.6 Å². The molecule has 0 atom stereocenters. The van der Waals surface area contributed by atoms with Gasteiger partial charge in [0.2, 0.25) is 0 Å². The van der Waals surface area contributed by atoms with Crippen LogP contribution in [0.25, 0.3) is 0 Å². The molecule has 3 heteroatoms. The lowest BCUT2D eigenvalue weighted by molar-refractivity contribution is -0.105. The molecule has 0 aliphatic carbocycles. The third-order valence-electron chi connectivity index (χ3n) is 6.05. The second-order valence-corrected chi connectivity index (χ2v) is 8.57. The summed E-state index contributed by atoms with van der Waals surface area (Å²) in [5.41, 5.74) is 8.72. The first-order chi connectivity index (χ1) is 17.5. The van der Waals surface area contributed by atoms with Crippen LogP contribution in [0.2, 0.25) is 0 Å². The zero-order valence-electron chi connectivity index (χ0n) is 23.1. The van der Waals surface area contributed by atoms with E-state index in [0.29, 0.717) is 6.42 Å². The Labute approximate surface area is 219 Å². The maximum absolute atomic E-state index is 11.5. The first-order valence-electron chi connectivity index (χ1n) is 12.9. The van der Waals surface area contributed by atoms with Crippen LogP contribution in [0.15, 0.2) is 107 Å². The van der Waals surface area contributed by atoms with Crippen LogP contribution in [0.3, 0.4) is 0 Å². The molecule has 2 aromatic carbocycles. The van der Waals surface area contributed by atoms with Gasteiger partial charge < -0.3 is 5.32 Å². The molecule has 0 heterocycles. The standard InChI is InChI=1S/C31H38N2O.C2H6/c1-24(15-17-30(23-34)26(3)19-21-32-5)25(2)20-22-33-27(4)31-14-10-9-13-29(31)18-16-28-11-7-6-8-12-28;1-2/h6-15,20,22-23,32H,2,16-19,21H2,1,3-5H3;1-2H3/b22-20-,24-15+,30-26-,33-27?;. The molecule has 0 aromatic heterocycles. The van der Waals surface area contributed by atoms with E-state index in [1.807, 2.05) is 53.9 Å². The number of aryl methyl sites for hydroxylation is 2. The van der Waals surface area contributed by atoms with Crippen LogP contribution >= 0.6 is 0 Å². The summed E-state index contributed by atoms with van der Waals surface area (Å²) < 4.78 is 0. The molecule has 2 rings (SSSR count). The number of carbonyl (C=O) groups excluding carboxylic acids is 1. The van der Waals surface area contributed by atoms with Crippen LogP contribution < -0.4 is 5.32 Å². The topological polar surface area (TPSA) is 41.5 Å². The summed E-state index contributed by atoms with van der Waals surface area (Å²) in [6.07, 6.45) is 10.3. The number of hydrogen-bond acceptors (Lipinski definition) is 3. The average Bonchev–Trinajstić information content (AvgIpc) is 2.92. The van der Waals surface area contributed by atoms with Crippen molar-refractivity contribution in [2.24, 2.45) is 4.99 Å². The van der Waals surface area contributed by atoms with Crippen molar-refractivity contribution >= 4 is 12.0 Å². The summed E-state index contributed by atoms with van der Waals surface area (Å²) in [7, 11) is 1.92. The van der Waals surface area contributed by atoms with Crippen LogP contribution in [0.4, 0.5) is 0 Å². The molecule has 0 fully saturated rings. The van der Waals surface area contributed by atoms with Crippen LogP contribution in [0, 0.1) is 0 Å². The molecule has 0 amide bonds. The Morgan fingerprint density at radius 1 is 0.972 bits per heavy atom. The largest absolute Gasteiger partial charge is 0.319 e. The minimum atomic E-state index is 0.620.